The molecule has 0 aromatic heterocycles. The largest absolute Gasteiger partial charge is 0.481 e. The molecule has 1 aliphatic heterocycles. The third kappa shape index (κ3) is 3.97. The van der Waals surface area contributed by atoms with Gasteiger partial charge in [-0.1, -0.05) is 48.7 Å². The van der Waals surface area contributed by atoms with E-state index in [2.05, 4.69) is 5.32 Å². The number of carbonyl (C=O) groups excluding carboxylic acids is 2. The minimum atomic E-state index is -2.05. The summed E-state index contributed by atoms with van der Waals surface area (Å²) in [4.78, 5) is 25.3. The molecule has 1 aromatic rings. The molecule has 120 valence electrons. The first kappa shape index (κ1) is 17.2. The molecule has 0 bridgehead atoms. The quantitative estimate of drug-likeness (QED) is 0.835. The molecular formula is C14H15Cl3N2O3. The molecular weight excluding hydrogens is 351 g/mol. The molecule has 0 saturated carbocycles. The maximum atomic E-state index is 12.0. The van der Waals surface area contributed by atoms with Crippen molar-refractivity contribution in [3.63, 3.8) is 0 Å². The van der Waals surface area contributed by atoms with Gasteiger partial charge in [0.15, 0.2) is 6.61 Å². The Labute approximate surface area is 143 Å². The molecule has 0 aliphatic carbocycles. The summed E-state index contributed by atoms with van der Waals surface area (Å²) in [5.41, 5.74) is 1.09. The van der Waals surface area contributed by atoms with Gasteiger partial charge in [-0.3, -0.25) is 9.59 Å². The van der Waals surface area contributed by atoms with Crippen molar-refractivity contribution in [1.29, 1.82) is 0 Å². The second-order valence-corrected chi connectivity index (χ2v) is 7.60. The molecule has 0 spiro atoms. The van der Waals surface area contributed by atoms with Crippen molar-refractivity contribution in [3.05, 3.63) is 18.2 Å². The number of carbonyl (C=O) groups is 2. The number of nitrogens with zero attached hydrogens (tertiary/aromatic N) is 1. The average molecular weight is 366 g/mol. The standard InChI is InChI=1S/C14H15Cl3N2O3/c1-8(2)6-19-10-4-3-9(18-13(21)14(15,16)17)5-11(10)22-7-12(19)20/h3-5,8H,6-7H2,1-2H3,(H,18,21). The summed E-state index contributed by atoms with van der Waals surface area (Å²) in [6, 6.07) is 4.93. The van der Waals surface area contributed by atoms with E-state index < -0.39 is 9.70 Å². The second kappa shape index (κ2) is 6.52. The van der Waals surface area contributed by atoms with Crippen LogP contribution in [0.4, 0.5) is 11.4 Å². The molecule has 1 N–H and O–H groups in total. The number of benzene rings is 1. The molecule has 0 saturated heterocycles. The van der Waals surface area contributed by atoms with E-state index in [4.69, 9.17) is 39.5 Å². The highest BCUT2D eigenvalue weighted by Crippen LogP contribution is 2.36. The highest BCUT2D eigenvalue weighted by Gasteiger charge is 2.31. The lowest BCUT2D eigenvalue weighted by Gasteiger charge is -2.31. The SMILES string of the molecule is CC(C)CN1C(=O)COc2cc(NC(=O)C(Cl)(Cl)Cl)ccc21. The normalized spacial score (nSPS) is 14.6. The van der Waals surface area contributed by atoms with Crippen LogP contribution in [0.5, 0.6) is 5.75 Å². The summed E-state index contributed by atoms with van der Waals surface area (Å²) in [6.07, 6.45) is 0. The summed E-state index contributed by atoms with van der Waals surface area (Å²) in [7, 11) is 0. The molecule has 5 nitrogen and oxygen atoms in total. The van der Waals surface area contributed by atoms with Crippen LogP contribution < -0.4 is 15.0 Å². The fraction of sp³-hybridized carbons (Fsp3) is 0.429. The summed E-state index contributed by atoms with van der Waals surface area (Å²) in [5.74, 6) is -0.0383. The van der Waals surface area contributed by atoms with E-state index >= 15 is 0 Å². The van der Waals surface area contributed by atoms with E-state index in [9.17, 15) is 9.59 Å². The number of anilines is 2. The summed E-state index contributed by atoms with van der Waals surface area (Å²) in [6.45, 7) is 4.60. The molecule has 22 heavy (non-hydrogen) atoms. The number of ether oxygens (including phenoxy) is 1. The van der Waals surface area contributed by atoms with Crippen LogP contribution in [0.1, 0.15) is 13.8 Å². The van der Waals surface area contributed by atoms with E-state index in [0.717, 1.165) is 0 Å². The summed E-state index contributed by atoms with van der Waals surface area (Å²) >= 11 is 16.5. The van der Waals surface area contributed by atoms with Crippen molar-refractivity contribution < 1.29 is 14.3 Å². The molecule has 0 fully saturated rings. The maximum Gasteiger partial charge on any atom is 0.276 e. The van der Waals surface area contributed by atoms with Crippen LogP contribution in [0, 0.1) is 5.92 Å². The van der Waals surface area contributed by atoms with Gasteiger partial charge in [0.1, 0.15) is 5.75 Å². The zero-order valence-electron chi connectivity index (χ0n) is 12.0. The Morgan fingerprint density at radius 2 is 2.09 bits per heavy atom. The summed E-state index contributed by atoms with van der Waals surface area (Å²) in [5, 5.41) is 2.48. The first-order valence-corrected chi connectivity index (χ1v) is 7.77. The number of amides is 2. The predicted molar refractivity (Wildman–Crippen MR) is 88.0 cm³/mol. The minimum absolute atomic E-state index is 0.0401. The Kier molecular flexibility index (Phi) is 5.10. The Bertz CT molecular complexity index is 599. The maximum absolute atomic E-state index is 12.0. The van der Waals surface area contributed by atoms with E-state index in [1.807, 2.05) is 13.8 Å². The zero-order valence-corrected chi connectivity index (χ0v) is 14.3. The molecule has 1 aromatic carbocycles. The topological polar surface area (TPSA) is 58.6 Å². The van der Waals surface area contributed by atoms with Gasteiger partial charge in [0.25, 0.3) is 15.6 Å². The van der Waals surface area contributed by atoms with E-state index in [1.165, 1.54) is 0 Å². The third-order valence-electron chi connectivity index (χ3n) is 2.97. The third-order valence-corrected chi connectivity index (χ3v) is 3.48. The van der Waals surface area contributed by atoms with E-state index in [-0.39, 0.29) is 12.5 Å². The van der Waals surface area contributed by atoms with Crippen LogP contribution in [0.2, 0.25) is 0 Å². The molecule has 1 aliphatic rings. The fourth-order valence-corrected chi connectivity index (χ4v) is 2.19. The smallest absolute Gasteiger partial charge is 0.276 e. The van der Waals surface area contributed by atoms with Gasteiger partial charge in [-0.05, 0) is 18.1 Å². The molecule has 0 unspecified atom stereocenters. The van der Waals surface area contributed by atoms with Crippen LogP contribution in [-0.2, 0) is 9.59 Å². The number of nitrogens with one attached hydrogen (secondary N) is 1. The van der Waals surface area contributed by atoms with Gasteiger partial charge in [-0.2, -0.15) is 0 Å². The zero-order chi connectivity index (χ0) is 16.5. The minimum Gasteiger partial charge on any atom is -0.481 e. The Morgan fingerprint density at radius 3 is 2.68 bits per heavy atom. The predicted octanol–water partition coefficient (Wildman–Crippen LogP) is 3.38. The lowest BCUT2D eigenvalue weighted by Crippen LogP contribution is -2.41. The Hall–Kier alpha value is -1.17. The molecule has 2 amide bonds. The Morgan fingerprint density at radius 1 is 1.41 bits per heavy atom. The molecule has 2 rings (SSSR count). The highest BCUT2D eigenvalue weighted by atomic mass is 35.6. The van der Waals surface area contributed by atoms with Crippen molar-refractivity contribution in [3.8, 4) is 5.75 Å². The monoisotopic (exact) mass is 364 g/mol. The van der Waals surface area contributed by atoms with Gasteiger partial charge < -0.3 is 15.0 Å². The van der Waals surface area contributed by atoms with Crippen LogP contribution in [0.25, 0.3) is 0 Å². The Balaban J connectivity index is 2.24. The number of alkyl halides is 3. The van der Waals surface area contributed by atoms with Gasteiger partial charge in [0.2, 0.25) is 0 Å². The van der Waals surface area contributed by atoms with Crippen molar-refractivity contribution in [1.82, 2.24) is 0 Å². The van der Waals surface area contributed by atoms with E-state index in [0.29, 0.717) is 29.6 Å². The molecule has 1 heterocycles. The van der Waals surface area contributed by atoms with Crippen molar-refractivity contribution in [2.45, 2.75) is 17.6 Å². The molecule has 8 heteroatoms. The lowest BCUT2D eigenvalue weighted by molar-refractivity contribution is -0.121. The van der Waals surface area contributed by atoms with Gasteiger partial charge in [0.05, 0.1) is 5.69 Å². The molecule has 0 atom stereocenters. The fourth-order valence-electron chi connectivity index (χ4n) is 2.05. The second-order valence-electron chi connectivity index (χ2n) is 5.32. The lowest BCUT2D eigenvalue weighted by atomic mass is 10.1. The number of fused-ring (bicyclic) bond motifs is 1. The van der Waals surface area contributed by atoms with Crippen LogP contribution >= 0.6 is 34.8 Å². The first-order chi connectivity index (χ1) is 10.2. The number of halogens is 3. The highest BCUT2D eigenvalue weighted by molar-refractivity contribution is 6.76. The number of hydrogen-bond donors (Lipinski definition) is 1. The van der Waals surface area contributed by atoms with Gasteiger partial charge >= 0.3 is 0 Å². The van der Waals surface area contributed by atoms with Crippen LogP contribution in [-0.4, -0.2) is 28.8 Å². The van der Waals surface area contributed by atoms with Crippen molar-refractivity contribution >= 4 is 58.0 Å². The van der Waals surface area contributed by atoms with Crippen LogP contribution in [0.15, 0.2) is 18.2 Å². The number of hydrogen-bond acceptors (Lipinski definition) is 3. The van der Waals surface area contributed by atoms with Gasteiger partial charge in [0, 0.05) is 18.3 Å². The summed E-state index contributed by atoms with van der Waals surface area (Å²) < 4.78 is 3.37. The number of rotatable bonds is 3. The molecule has 0 radical (unpaired) electrons. The van der Waals surface area contributed by atoms with Crippen LogP contribution in [0.3, 0.4) is 0 Å². The first-order valence-electron chi connectivity index (χ1n) is 6.64. The van der Waals surface area contributed by atoms with Gasteiger partial charge in [-0.15, -0.1) is 0 Å². The average Bonchev–Trinajstić information content (AvgIpc) is 2.40. The van der Waals surface area contributed by atoms with E-state index in [1.54, 1.807) is 23.1 Å². The van der Waals surface area contributed by atoms with Crippen molar-refractivity contribution in [2.75, 3.05) is 23.4 Å². The van der Waals surface area contributed by atoms with Gasteiger partial charge in [-0.25, -0.2) is 0 Å². The van der Waals surface area contributed by atoms with Crippen molar-refractivity contribution in [2.24, 2.45) is 5.92 Å².